The molecule has 0 N–H and O–H groups in total. The first-order valence-electron chi connectivity index (χ1n) is 8.48. The van der Waals surface area contributed by atoms with Crippen LogP contribution in [0.4, 0.5) is 0 Å². The largest absolute Gasteiger partial charge is 0.295 e. The van der Waals surface area contributed by atoms with E-state index in [0.717, 1.165) is 12.8 Å². The Hall–Kier alpha value is -2.15. The molecule has 3 atom stereocenters. The predicted octanol–water partition coefficient (Wildman–Crippen LogP) is 5.16. The number of hydrogen-bond donors (Lipinski definition) is 0. The minimum atomic E-state index is 0.166. The van der Waals surface area contributed by atoms with Gasteiger partial charge in [0.25, 0.3) is 0 Å². The Morgan fingerprint density at radius 2 is 1.83 bits per heavy atom. The molecule has 23 heavy (non-hydrogen) atoms. The quantitative estimate of drug-likeness (QED) is 0.563. The second-order valence-electron chi connectivity index (χ2n) is 6.62. The molecule has 0 saturated carbocycles. The molecule has 0 aromatic heterocycles. The van der Waals surface area contributed by atoms with Crippen LogP contribution in [0, 0.1) is 11.8 Å². The van der Waals surface area contributed by atoms with Crippen molar-refractivity contribution in [2.24, 2.45) is 11.8 Å². The fourth-order valence-corrected chi connectivity index (χ4v) is 4.00. The van der Waals surface area contributed by atoms with Crippen molar-refractivity contribution in [3.05, 3.63) is 83.9 Å². The summed E-state index contributed by atoms with van der Waals surface area (Å²) in [5, 5.41) is 0. The maximum Gasteiger partial charge on any atom is 0.155 e. The van der Waals surface area contributed by atoms with Gasteiger partial charge in [0.05, 0.1) is 0 Å². The molecule has 2 aromatic rings. The number of hydrogen-bond acceptors (Lipinski definition) is 1. The van der Waals surface area contributed by atoms with E-state index in [1.165, 1.54) is 22.8 Å². The molecule has 0 fully saturated rings. The standard InChI is InChI=1S/C22H24O/c1-3-20(23)15-19-14-13-17-9-7-8-12-21(17)22(16(19)2)18-10-5-4-6-11-18/h3-12,16,19,22H,1,13-15H2,2H3/t16-,19?,22-/m1/s1. The predicted molar refractivity (Wildman–Crippen MR) is 95.5 cm³/mol. The van der Waals surface area contributed by atoms with Gasteiger partial charge in [0.15, 0.2) is 5.78 Å². The highest BCUT2D eigenvalue weighted by Gasteiger charge is 2.32. The molecule has 0 radical (unpaired) electrons. The maximum atomic E-state index is 11.9. The van der Waals surface area contributed by atoms with Crippen molar-refractivity contribution in [1.29, 1.82) is 0 Å². The van der Waals surface area contributed by atoms with E-state index in [1.807, 2.05) is 0 Å². The number of carbonyl (C=O) groups is 1. The van der Waals surface area contributed by atoms with E-state index in [4.69, 9.17) is 0 Å². The summed E-state index contributed by atoms with van der Waals surface area (Å²) in [4.78, 5) is 11.9. The highest BCUT2D eigenvalue weighted by molar-refractivity contribution is 5.89. The zero-order chi connectivity index (χ0) is 16.2. The number of allylic oxidation sites excluding steroid dienone is 1. The van der Waals surface area contributed by atoms with E-state index in [9.17, 15) is 4.79 Å². The average Bonchev–Trinajstić information content (AvgIpc) is 2.73. The number of fused-ring (bicyclic) bond motifs is 1. The van der Waals surface area contributed by atoms with Gasteiger partial charge in [-0.05, 0) is 47.4 Å². The van der Waals surface area contributed by atoms with Crippen molar-refractivity contribution in [2.45, 2.75) is 32.1 Å². The first-order chi connectivity index (χ1) is 11.2. The Morgan fingerprint density at radius 1 is 1.13 bits per heavy atom. The maximum absolute atomic E-state index is 11.9. The topological polar surface area (TPSA) is 17.1 Å². The first kappa shape index (κ1) is 15.7. The Morgan fingerprint density at radius 3 is 2.57 bits per heavy atom. The first-order valence-corrected chi connectivity index (χ1v) is 8.48. The summed E-state index contributed by atoms with van der Waals surface area (Å²) < 4.78 is 0. The van der Waals surface area contributed by atoms with Gasteiger partial charge in [-0.25, -0.2) is 0 Å². The third kappa shape index (κ3) is 3.29. The molecule has 1 aliphatic carbocycles. The molecular weight excluding hydrogens is 280 g/mol. The number of carbonyl (C=O) groups excluding carboxylic acids is 1. The van der Waals surface area contributed by atoms with Crippen LogP contribution in [0.15, 0.2) is 67.3 Å². The smallest absolute Gasteiger partial charge is 0.155 e. The van der Waals surface area contributed by atoms with Crippen LogP contribution < -0.4 is 0 Å². The van der Waals surface area contributed by atoms with Crippen LogP contribution in [0.5, 0.6) is 0 Å². The van der Waals surface area contributed by atoms with E-state index in [-0.39, 0.29) is 5.78 Å². The Bertz CT molecular complexity index is 686. The highest BCUT2D eigenvalue weighted by Crippen LogP contribution is 2.43. The molecule has 0 saturated heterocycles. The van der Waals surface area contributed by atoms with E-state index in [1.54, 1.807) is 0 Å². The zero-order valence-corrected chi connectivity index (χ0v) is 13.7. The Kier molecular flexibility index (Phi) is 4.76. The Balaban J connectivity index is 2.03. The number of rotatable bonds is 4. The molecule has 1 unspecified atom stereocenters. The molecule has 0 aliphatic heterocycles. The molecule has 3 rings (SSSR count). The van der Waals surface area contributed by atoms with Gasteiger partial charge in [0.2, 0.25) is 0 Å². The van der Waals surface area contributed by atoms with Crippen molar-refractivity contribution < 1.29 is 4.79 Å². The highest BCUT2D eigenvalue weighted by atomic mass is 16.1. The van der Waals surface area contributed by atoms with Gasteiger partial charge in [-0.1, -0.05) is 68.1 Å². The molecule has 0 bridgehead atoms. The van der Waals surface area contributed by atoms with Crippen LogP contribution in [0.1, 0.15) is 42.4 Å². The summed E-state index contributed by atoms with van der Waals surface area (Å²) >= 11 is 0. The van der Waals surface area contributed by atoms with Crippen LogP contribution in [0.25, 0.3) is 0 Å². The molecular formula is C22H24O. The lowest BCUT2D eigenvalue weighted by Gasteiger charge is -2.29. The normalized spacial score (nSPS) is 23.6. The van der Waals surface area contributed by atoms with Crippen LogP contribution in [-0.2, 0) is 11.2 Å². The van der Waals surface area contributed by atoms with Gasteiger partial charge in [-0.15, -0.1) is 0 Å². The summed E-state index contributed by atoms with van der Waals surface area (Å²) in [6, 6.07) is 19.5. The van der Waals surface area contributed by atoms with Gasteiger partial charge < -0.3 is 0 Å². The van der Waals surface area contributed by atoms with E-state index >= 15 is 0 Å². The second-order valence-corrected chi connectivity index (χ2v) is 6.62. The summed E-state index contributed by atoms with van der Waals surface area (Å²) in [7, 11) is 0. The lowest BCUT2D eigenvalue weighted by Crippen LogP contribution is -2.21. The van der Waals surface area contributed by atoms with Gasteiger partial charge >= 0.3 is 0 Å². The summed E-state index contributed by atoms with van der Waals surface area (Å²) in [6.45, 7) is 5.95. The minimum Gasteiger partial charge on any atom is -0.295 e. The fourth-order valence-electron chi connectivity index (χ4n) is 4.00. The monoisotopic (exact) mass is 304 g/mol. The molecule has 1 nitrogen and oxygen atoms in total. The molecule has 1 heteroatoms. The third-order valence-electron chi connectivity index (χ3n) is 5.29. The summed E-state index contributed by atoms with van der Waals surface area (Å²) in [6.07, 6.45) is 4.21. The van der Waals surface area contributed by atoms with Crippen LogP contribution >= 0.6 is 0 Å². The van der Waals surface area contributed by atoms with Crippen LogP contribution in [-0.4, -0.2) is 5.78 Å². The molecule has 1 aliphatic rings. The van der Waals surface area contributed by atoms with Crippen molar-refractivity contribution in [1.82, 2.24) is 0 Å². The summed E-state index contributed by atoms with van der Waals surface area (Å²) in [5.74, 6) is 1.36. The van der Waals surface area contributed by atoms with Gasteiger partial charge in [-0.2, -0.15) is 0 Å². The lowest BCUT2D eigenvalue weighted by molar-refractivity contribution is -0.115. The van der Waals surface area contributed by atoms with E-state index < -0.39 is 0 Å². The number of aryl methyl sites for hydroxylation is 1. The van der Waals surface area contributed by atoms with Gasteiger partial charge in [-0.3, -0.25) is 4.79 Å². The molecule has 0 spiro atoms. The van der Waals surface area contributed by atoms with Crippen molar-refractivity contribution >= 4 is 5.78 Å². The van der Waals surface area contributed by atoms with Crippen molar-refractivity contribution in [2.75, 3.05) is 0 Å². The number of ketones is 1. The summed E-state index contributed by atoms with van der Waals surface area (Å²) in [5.41, 5.74) is 4.21. The molecule has 2 aromatic carbocycles. The fraction of sp³-hybridized carbons (Fsp3) is 0.318. The second kappa shape index (κ2) is 6.95. The average molecular weight is 304 g/mol. The van der Waals surface area contributed by atoms with Crippen molar-refractivity contribution in [3.63, 3.8) is 0 Å². The van der Waals surface area contributed by atoms with E-state index in [0.29, 0.717) is 24.2 Å². The third-order valence-corrected chi connectivity index (χ3v) is 5.29. The van der Waals surface area contributed by atoms with E-state index in [2.05, 4.69) is 68.1 Å². The van der Waals surface area contributed by atoms with Gasteiger partial charge in [0.1, 0.15) is 0 Å². The molecule has 0 amide bonds. The lowest BCUT2D eigenvalue weighted by atomic mass is 9.74. The molecule has 0 heterocycles. The SMILES string of the molecule is C=CC(=O)CC1CCc2ccccc2[C@@H](c2ccccc2)[C@@H]1C. The number of benzene rings is 2. The minimum absolute atomic E-state index is 0.166. The Labute approximate surface area is 139 Å². The van der Waals surface area contributed by atoms with Crippen LogP contribution in [0.3, 0.4) is 0 Å². The van der Waals surface area contributed by atoms with Crippen LogP contribution in [0.2, 0.25) is 0 Å². The zero-order valence-electron chi connectivity index (χ0n) is 13.7. The molecule has 118 valence electrons. The van der Waals surface area contributed by atoms with Gasteiger partial charge in [0, 0.05) is 12.3 Å². The van der Waals surface area contributed by atoms with Crippen molar-refractivity contribution in [3.8, 4) is 0 Å².